The van der Waals surface area contributed by atoms with Crippen LogP contribution in [0, 0.1) is 12.8 Å². The standard InChI is InChI=1S/C17H24N2O3/c1-12-6-7-15(22-3)14(9-12)18-16(20)10-17(21)19-8-4-5-13(2)11-19/h6-7,9,13H,4-5,8,10-11H2,1-3H3,(H,18,20). The summed E-state index contributed by atoms with van der Waals surface area (Å²) in [4.78, 5) is 26.1. The van der Waals surface area contributed by atoms with Crippen LogP contribution in [0.3, 0.4) is 0 Å². The first kappa shape index (κ1) is 16.3. The molecule has 0 bridgehead atoms. The average Bonchev–Trinajstić information content (AvgIpc) is 2.47. The molecule has 1 aromatic rings. The number of aryl methyl sites for hydroxylation is 1. The molecule has 1 atom stereocenters. The van der Waals surface area contributed by atoms with E-state index in [1.54, 1.807) is 18.1 Å². The highest BCUT2D eigenvalue weighted by Gasteiger charge is 2.23. The van der Waals surface area contributed by atoms with Crippen LogP contribution in [0.15, 0.2) is 18.2 Å². The van der Waals surface area contributed by atoms with Crippen molar-refractivity contribution in [2.75, 3.05) is 25.5 Å². The monoisotopic (exact) mass is 304 g/mol. The summed E-state index contributed by atoms with van der Waals surface area (Å²) in [7, 11) is 1.56. The normalized spacial score (nSPS) is 18.0. The molecule has 1 N–H and O–H groups in total. The largest absolute Gasteiger partial charge is 0.495 e. The molecular formula is C17H24N2O3. The van der Waals surface area contributed by atoms with E-state index in [0.717, 1.165) is 31.5 Å². The van der Waals surface area contributed by atoms with Crippen molar-refractivity contribution < 1.29 is 14.3 Å². The van der Waals surface area contributed by atoms with Gasteiger partial charge in [0.1, 0.15) is 12.2 Å². The van der Waals surface area contributed by atoms with Crippen LogP contribution in [0.4, 0.5) is 5.69 Å². The molecule has 1 aromatic carbocycles. The number of benzene rings is 1. The zero-order valence-electron chi connectivity index (χ0n) is 13.5. The highest BCUT2D eigenvalue weighted by atomic mass is 16.5. The molecule has 1 fully saturated rings. The highest BCUT2D eigenvalue weighted by molar-refractivity contribution is 6.04. The van der Waals surface area contributed by atoms with Crippen LogP contribution in [0.5, 0.6) is 5.75 Å². The van der Waals surface area contributed by atoms with Gasteiger partial charge in [-0.25, -0.2) is 0 Å². The molecule has 0 saturated carbocycles. The number of ether oxygens (including phenoxy) is 1. The number of carbonyl (C=O) groups is 2. The van der Waals surface area contributed by atoms with Crippen molar-refractivity contribution in [2.24, 2.45) is 5.92 Å². The number of hydrogen-bond donors (Lipinski definition) is 1. The van der Waals surface area contributed by atoms with E-state index in [0.29, 0.717) is 17.4 Å². The van der Waals surface area contributed by atoms with Crippen molar-refractivity contribution in [3.8, 4) is 5.75 Å². The molecule has 5 heteroatoms. The van der Waals surface area contributed by atoms with Crippen LogP contribution < -0.4 is 10.1 Å². The molecule has 1 aliphatic heterocycles. The fourth-order valence-electron chi connectivity index (χ4n) is 2.78. The topological polar surface area (TPSA) is 58.6 Å². The minimum Gasteiger partial charge on any atom is -0.495 e. The van der Waals surface area contributed by atoms with E-state index in [2.05, 4.69) is 12.2 Å². The maximum absolute atomic E-state index is 12.2. The van der Waals surface area contributed by atoms with Crippen LogP contribution in [0.25, 0.3) is 0 Å². The van der Waals surface area contributed by atoms with E-state index in [4.69, 9.17) is 4.74 Å². The second kappa shape index (κ2) is 7.29. The van der Waals surface area contributed by atoms with E-state index >= 15 is 0 Å². The summed E-state index contributed by atoms with van der Waals surface area (Å²) in [6.45, 7) is 5.58. The van der Waals surface area contributed by atoms with Gasteiger partial charge in [-0.3, -0.25) is 9.59 Å². The van der Waals surface area contributed by atoms with E-state index in [1.165, 1.54) is 0 Å². The van der Waals surface area contributed by atoms with Gasteiger partial charge in [0.2, 0.25) is 11.8 Å². The van der Waals surface area contributed by atoms with Gasteiger partial charge in [0.25, 0.3) is 0 Å². The molecule has 22 heavy (non-hydrogen) atoms. The first-order chi connectivity index (χ1) is 10.5. The summed E-state index contributed by atoms with van der Waals surface area (Å²) in [6.07, 6.45) is 2.04. The van der Waals surface area contributed by atoms with Gasteiger partial charge in [-0.2, -0.15) is 0 Å². The number of amides is 2. The Labute approximate surface area is 131 Å². The molecule has 1 heterocycles. The number of piperidine rings is 1. The Morgan fingerprint density at radius 3 is 2.86 bits per heavy atom. The van der Waals surface area contributed by atoms with Crippen molar-refractivity contribution in [2.45, 2.75) is 33.1 Å². The lowest BCUT2D eigenvalue weighted by Gasteiger charge is -2.30. The maximum Gasteiger partial charge on any atom is 0.233 e. The van der Waals surface area contributed by atoms with Gasteiger partial charge in [0, 0.05) is 13.1 Å². The Morgan fingerprint density at radius 2 is 2.18 bits per heavy atom. The maximum atomic E-state index is 12.2. The molecule has 1 saturated heterocycles. The predicted octanol–water partition coefficient (Wildman–Crippen LogP) is 2.59. The zero-order valence-corrected chi connectivity index (χ0v) is 13.5. The number of carbonyl (C=O) groups excluding carboxylic acids is 2. The number of likely N-dealkylation sites (tertiary alicyclic amines) is 1. The lowest BCUT2D eigenvalue weighted by Crippen LogP contribution is -2.40. The lowest BCUT2D eigenvalue weighted by atomic mass is 10.00. The molecule has 0 spiro atoms. The summed E-state index contributed by atoms with van der Waals surface area (Å²) in [5.41, 5.74) is 1.62. The summed E-state index contributed by atoms with van der Waals surface area (Å²) in [5.74, 6) is 0.707. The van der Waals surface area contributed by atoms with Crippen molar-refractivity contribution >= 4 is 17.5 Å². The van der Waals surface area contributed by atoms with Crippen LogP contribution in [-0.4, -0.2) is 36.9 Å². The van der Waals surface area contributed by atoms with Crippen molar-refractivity contribution in [3.05, 3.63) is 23.8 Å². The van der Waals surface area contributed by atoms with Crippen molar-refractivity contribution in [3.63, 3.8) is 0 Å². The SMILES string of the molecule is COc1ccc(C)cc1NC(=O)CC(=O)N1CCCC(C)C1. The van der Waals surface area contributed by atoms with Gasteiger partial charge in [-0.1, -0.05) is 13.0 Å². The Balaban J connectivity index is 1.95. The van der Waals surface area contributed by atoms with Gasteiger partial charge in [0.15, 0.2) is 0 Å². The van der Waals surface area contributed by atoms with E-state index in [1.807, 2.05) is 19.1 Å². The molecule has 2 amide bonds. The first-order valence-corrected chi connectivity index (χ1v) is 7.72. The number of methoxy groups -OCH3 is 1. The zero-order chi connectivity index (χ0) is 16.1. The Morgan fingerprint density at radius 1 is 1.41 bits per heavy atom. The number of nitrogens with zero attached hydrogens (tertiary/aromatic N) is 1. The predicted molar refractivity (Wildman–Crippen MR) is 86.0 cm³/mol. The summed E-state index contributed by atoms with van der Waals surface area (Å²) in [6, 6.07) is 5.55. The van der Waals surface area contributed by atoms with Crippen LogP contribution in [0.2, 0.25) is 0 Å². The fourth-order valence-corrected chi connectivity index (χ4v) is 2.78. The fraction of sp³-hybridized carbons (Fsp3) is 0.529. The lowest BCUT2D eigenvalue weighted by molar-refractivity contribution is -0.136. The molecule has 1 unspecified atom stereocenters. The van der Waals surface area contributed by atoms with Crippen LogP contribution >= 0.6 is 0 Å². The number of nitrogens with one attached hydrogen (secondary N) is 1. The molecule has 2 rings (SSSR count). The molecule has 0 radical (unpaired) electrons. The molecule has 0 aliphatic carbocycles. The summed E-state index contributed by atoms with van der Waals surface area (Å²) in [5, 5.41) is 2.77. The van der Waals surface area contributed by atoms with Crippen LogP contribution in [-0.2, 0) is 9.59 Å². The minimum absolute atomic E-state index is 0.101. The average molecular weight is 304 g/mol. The summed E-state index contributed by atoms with van der Waals surface area (Å²) >= 11 is 0. The number of hydrogen-bond acceptors (Lipinski definition) is 3. The molecule has 120 valence electrons. The third-order valence-corrected chi connectivity index (χ3v) is 3.95. The first-order valence-electron chi connectivity index (χ1n) is 7.72. The van der Waals surface area contributed by atoms with Gasteiger partial charge in [0.05, 0.1) is 12.8 Å². The second-order valence-corrected chi connectivity index (χ2v) is 6.02. The van der Waals surface area contributed by atoms with Gasteiger partial charge in [-0.05, 0) is 43.4 Å². The van der Waals surface area contributed by atoms with Gasteiger partial charge in [-0.15, -0.1) is 0 Å². The Kier molecular flexibility index (Phi) is 5.41. The smallest absolute Gasteiger partial charge is 0.233 e. The Bertz CT molecular complexity index is 557. The molecule has 0 aromatic heterocycles. The summed E-state index contributed by atoms with van der Waals surface area (Å²) < 4.78 is 5.23. The van der Waals surface area contributed by atoms with Crippen molar-refractivity contribution in [1.82, 2.24) is 4.90 Å². The molecular weight excluding hydrogens is 280 g/mol. The molecule has 1 aliphatic rings. The van der Waals surface area contributed by atoms with Gasteiger partial charge < -0.3 is 15.0 Å². The highest BCUT2D eigenvalue weighted by Crippen LogP contribution is 2.25. The minimum atomic E-state index is -0.299. The van der Waals surface area contributed by atoms with Crippen molar-refractivity contribution in [1.29, 1.82) is 0 Å². The van der Waals surface area contributed by atoms with E-state index < -0.39 is 0 Å². The number of rotatable bonds is 4. The second-order valence-electron chi connectivity index (χ2n) is 6.02. The van der Waals surface area contributed by atoms with Gasteiger partial charge >= 0.3 is 0 Å². The van der Waals surface area contributed by atoms with Crippen LogP contribution in [0.1, 0.15) is 31.7 Å². The quantitative estimate of drug-likeness (QED) is 0.870. The third-order valence-electron chi connectivity index (χ3n) is 3.95. The van der Waals surface area contributed by atoms with E-state index in [9.17, 15) is 9.59 Å². The Hall–Kier alpha value is -2.04. The third kappa shape index (κ3) is 4.23. The van der Waals surface area contributed by atoms with E-state index in [-0.39, 0.29) is 18.2 Å². The number of anilines is 1. The molecule has 5 nitrogen and oxygen atoms in total.